The Morgan fingerprint density at radius 3 is 2.55 bits per heavy atom. The highest BCUT2D eigenvalue weighted by atomic mass is 16.3. The van der Waals surface area contributed by atoms with Crippen LogP contribution in [0.2, 0.25) is 0 Å². The highest BCUT2D eigenvalue weighted by molar-refractivity contribution is 5.99. The summed E-state index contributed by atoms with van der Waals surface area (Å²) in [6.07, 6.45) is 2.86. The molecule has 0 unspecified atom stereocenters. The average Bonchev–Trinajstić information content (AvgIpc) is 3.32. The van der Waals surface area contributed by atoms with Gasteiger partial charge in [0.05, 0.1) is 11.1 Å². The second-order valence-electron chi connectivity index (χ2n) is 10.1. The topological polar surface area (TPSA) is 111 Å². The fourth-order valence-corrected chi connectivity index (χ4v) is 4.63. The molecule has 10 heteroatoms. The average molecular weight is 513 g/mol. The second-order valence-corrected chi connectivity index (χ2v) is 10.1. The quantitative estimate of drug-likeness (QED) is 0.308. The molecule has 1 aliphatic rings. The normalized spacial score (nSPS) is 14.4. The number of anilines is 4. The maximum Gasteiger partial charge on any atom is 0.247 e. The molecule has 1 fully saturated rings. The fourth-order valence-electron chi connectivity index (χ4n) is 4.63. The summed E-state index contributed by atoms with van der Waals surface area (Å²) in [7, 11) is 0. The minimum Gasteiger partial charge on any atom is -0.389 e. The van der Waals surface area contributed by atoms with Crippen molar-refractivity contribution in [3.8, 4) is 11.3 Å². The van der Waals surface area contributed by atoms with Gasteiger partial charge in [-0.15, -0.1) is 5.10 Å². The largest absolute Gasteiger partial charge is 0.389 e. The number of nitrogens with one attached hydrogen (secondary N) is 2. The van der Waals surface area contributed by atoms with Gasteiger partial charge in [-0.25, -0.2) is 9.50 Å². The van der Waals surface area contributed by atoms with Crippen molar-refractivity contribution in [2.24, 2.45) is 0 Å². The van der Waals surface area contributed by atoms with Gasteiger partial charge in [-0.05, 0) is 56.3 Å². The zero-order valence-electron chi connectivity index (χ0n) is 21.6. The molecular formula is C28H32N8O2. The van der Waals surface area contributed by atoms with E-state index in [9.17, 15) is 9.90 Å². The zero-order valence-corrected chi connectivity index (χ0v) is 21.6. The van der Waals surface area contributed by atoms with E-state index in [1.54, 1.807) is 10.8 Å². The maximum absolute atomic E-state index is 11.7. The number of fused-ring (bicyclic) bond motifs is 1. The third-order valence-corrected chi connectivity index (χ3v) is 6.39. The molecule has 1 saturated heterocycles. The van der Waals surface area contributed by atoms with Crippen molar-refractivity contribution in [1.29, 1.82) is 0 Å². The van der Waals surface area contributed by atoms with Gasteiger partial charge in [0.25, 0.3) is 0 Å². The van der Waals surface area contributed by atoms with Gasteiger partial charge in [-0.3, -0.25) is 9.69 Å². The van der Waals surface area contributed by atoms with E-state index in [0.717, 1.165) is 42.9 Å². The summed E-state index contributed by atoms with van der Waals surface area (Å²) in [6.45, 7) is 11.6. The van der Waals surface area contributed by atoms with E-state index in [-0.39, 0.29) is 5.91 Å². The summed E-state index contributed by atoms with van der Waals surface area (Å²) in [4.78, 5) is 20.8. The van der Waals surface area contributed by atoms with Gasteiger partial charge in [0.15, 0.2) is 0 Å². The van der Waals surface area contributed by atoms with Crippen LogP contribution in [0.5, 0.6) is 0 Å². The molecule has 5 rings (SSSR count). The van der Waals surface area contributed by atoms with Crippen LogP contribution in [-0.2, 0) is 4.79 Å². The van der Waals surface area contributed by atoms with Gasteiger partial charge >= 0.3 is 0 Å². The van der Waals surface area contributed by atoms with Crippen molar-refractivity contribution in [2.45, 2.75) is 19.4 Å². The summed E-state index contributed by atoms with van der Waals surface area (Å²) < 4.78 is 1.62. The molecule has 196 valence electrons. The Morgan fingerprint density at radius 1 is 1.08 bits per heavy atom. The molecule has 2 aromatic heterocycles. The first-order chi connectivity index (χ1) is 18.3. The molecule has 1 amide bonds. The van der Waals surface area contributed by atoms with Crippen LogP contribution in [0.1, 0.15) is 13.8 Å². The number of nitrogens with zero attached hydrogens (tertiary/aromatic N) is 6. The number of rotatable bonds is 8. The lowest BCUT2D eigenvalue weighted by molar-refractivity contribution is -0.111. The van der Waals surface area contributed by atoms with Gasteiger partial charge < -0.3 is 20.6 Å². The van der Waals surface area contributed by atoms with E-state index < -0.39 is 5.60 Å². The van der Waals surface area contributed by atoms with Crippen molar-refractivity contribution >= 4 is 34.3 Å². The van der Waals surface area contributed by atoms with Gasteiger partial charge in [-0.1, -0.05) is 23.9 Å². The first kappa shape index (κ1) is 25.4. The van der Waals surface area contributed by atoms with Crippen molar-refractivity contribution in [3.63, 3.8) is 0 Å². The summed E-state index contributed by atoms with van der Waals surface area (Å²) in [5.41, 5.74) is 4.38. The Balaban J connectivity index is 1.28. The molecule has 1 aliphatic heterocycles. The molecule has 3 N–H and O–H groups in total. The summed E-state index contributed by atoms with van der Waals surface area (Å²) in [6, 6.07) is 17.7. The number of carbonyl (C=O) groups is 1. The van der Waals surface area contributed by atoms with Gasteiger partial charge in [0.1, 0.15) is 17.8 Å². The van der Waals surface area contributed by atoms with Crippen LogP contribution >= 0.6 is 0 Å². The zero-order chi connectivity index (χ0) is 26.7. The highest BCUT2D eigenvalue weighted by Crippen LogP contribution is 2.27. The monoisotopic (exact) mass is 512 g/mol. The summed E-state index contributed by atoms with van der Waals surface area (Å²) in [5, 5.41) is 24.7. The van der Waals surface area contributed by atoms with E-state index in [0.29, 0.717) is 23.7 Å². The molecular weight excluding hydrogens is 480 g/mol. The van der Waals surface area contributed by atoms with Gasteiger partial charge in [0, 0.05) is 61.4 Å². The molecule has 0 bridgehead atoms. The van der Waals surface area contributed by atoms with Crippen LogP contribution in [0.4, 0.5) is 22.9 Å². The van der Waals surface area contributed by atoms with Crippen LogP contribution in [0.25, 0.3) is 16.8 Å². The molecule has 0 spiro atoms. The Bertz CT molecular complexity index is 1430. The standard InChI is InChI=1S/C28H32N8O2/c1-4-26(37)31-22-7-5-6-20(16-22)27-24-17-25(29-19-36(24)33-32-27)30-21-8-10-23(11-9-21)35-14-12-34(13-15-35)18-28(2,3)38/h4-11,16-17,19,30,38H,1,12-15,18H2,2-3H3,(H,31,37). The van der Waals surface area contributed by atoms with Crippen molar-refractivity contribution < 1.29 is 9.90 Å². The first-order valence-electron chi connectivity index (χ1n) is 12.6. The van der Waals surface area contributed by atoms with Crippen LogP contribution in [0, 0.1) is 0 Å². The minimum atomic E-state index is -0.673. The molecule has 0 atom stereocenters. The molecule has 38 heavy (non-hydrogen) atoms. The molecule has 0 saturated carbocycles. The van der Waals surface area contributed by atoms with Crippen molar-refractivity contribution in [2.75, 3.05) is 48.3 Å². The number of β-amino-alcohol motifs (C(OH)–C–C–N with tert-alkyl or cyclic N) is 1. The lowest BCUT2D eigenvalue weighted by atomic mass is 10.1. The predicted octanol–water partition coefficient (Wildman–Crippen LogP) is 3.55. The third kappa shape index (κ3) is 5.99. The number of hydrogen-bond acceptors (Lipinski definition) is 8. The van der Waals surface area contributed by atoms with E-state index in [4.69, 9.17) is 0 Å². The van der Waals surface area contributed by atoms with E-state index in [1.807, 2.05) is 56.3 Å². The number of benzene rings is 2. The lowest BCUT2D eigenvalue weighted by Crippen LogP contribution is -2.50. The van der Waals surface area contributed by atoms with Gasteiger partial charge in [0.2, 0.25) is 5.91 Å². The number of aliphatic hydroxyl groups is 1. The fraction of sp³-hybridized carbons (Fsp3) is 0.286. The lowest BCUT2D eigenvalue weighted by Gasteiger charge is -2.38. The highest BCUT2D eigenvalue weighted by Gasteiger charge is 2.23. The number of carbonyl (C=O) groups excluding carboxylic acids is 1. The first-order valence-corrected chi connectivity index (χ1v) is 12.6. The summed E-state index contributed by atoms with van der Waals surface area (Å²) >= 11 is 0. The predicted molar refractivity (Wildman–Crippen MR) is 150 cm³/mol. The van der Waals surface area contributed by atoms with Crippen molar-refractivity contribution in [1.82, 2.24) is 24.7 Å². The second kappa shape index (κ2) is 10.6. The molecule has 0 aliphatic carbocycles. The SMILES string of the molecule is C=CC(=O)Nc1cccc(-c2nnn3cnc(Nc4ccc(N5CCN(CC(C)(C)O)CC5)cc4)cc23)c1. The van der Waals surface area contributed by atoms with Gasteiger partial charge in [-0.2, -0.15) is 0 Å². The molecule has 2 aromatic carbocycles. The van der Waals surface area contributed by atoms with E-state index in [1.165, 1.54) is 11.8 Å². The molecule has 3 heterocycles. The number of hydrogen-bond donors (Lipinski definition) is 3. The van der Waals surface area contributed by atoms with Crippen LogP contribution in [0.3, 0.4) is 0 Å². The van der Waals surface area contributed by atoms with E-state index in [2.05, 4.69) is 54.4 Å². The Kier molecular flexibility index (Phi) is 7.08. The number of piperazine rings is 1. The third-order valence-electron chi connectivity index (χ3n) is 6.39. The number of amides is 1. The molecule has 4 aromatic rings. The minimum absolute atomic E-state index is 0.273. The molecule has 10 nitrogen and oxygen atoms in total. The maximum atomic E-state index is 11.7. The summed E-state index contributed by atoms with van der Waals surface area (Å²) in [5.74, 6) is 0.398. The van der Waals surface area contributed by atoms with Crippen molar-refractivity contribution in [3.05, 3.63) is 73.6 Å². The Morgan fingerprint density at radius 2 is 1.84 bits per heavy atom. The van der Waals surface area contributed by atoms with Crippen LogP contribution in [-0.4, -0.2) is 74.0 Å². The smallest absolute Gasteiger partial charge is 0.247 e. The Hall–Kier alpha value is -4.28. The number of aromatic nitrogens is 4. The van der Waals surface area contributed by atoms with E-state index >= 15 is 0 Å². The molecule has 0 radical (unpaired) electrons. The Labute approximate surface area is 221 Å². The van der Waals surface area contributed by atoms with Crippen LogP contribution < -0.4 is 15.5 Å². The van der Waals surface area contributed by atoms with Crippen LogP contribution in [0.15, 0.2) is 73.6 Å².